The van der Waals surface area contributed by atoms with E-state index in [9.17, 15) is 4.79 Å². The maximum atomic E-state index is 11.6. The maximum absolute atomic E-state index is 11.6. The van der Waals surface area contributed by atoms with Crippen LogP contribution in [0.2, 0.25) is 0 Å². The lowest BCUT2D eigenvalue weighted by Crippen LogP contribution is -2.41. The first kappa shape index (κ1) is 13.4. The zero-order valence-corrected chi connectivity index (χ0v) is 10.6. The molecule has 1 rings (SSSR count). The van der Waals surface area contributed by atoms with E-state index in [0.29, 0.717) is 12.4 Å². The summed E-state index contributed by atoms with van der Waals surface area (Å²) in [5, 5.41) is 16.1. The Morgan fingerprint density at radius 3 is 2.65 bits per heavy atom. The SMILES string of the molecule is CNCc1nnc(NC(C)C(=O)NC(C)C)o1. The van der Waals surface area contributed by atoms with Gasteiger partial charge in [-0.1, -0.05) is 5.10 Å². The van der Waals surface area contributed by atoms with E-state index in [1.54, 1.807) is 14.0 Å². The number of hydrogen-bond acceptors (Lipinski definition) is 6. The van der Waals surface area contributed by atoms with Crippen molar-refractivity contribution in [3.05, 3.63) is 5.89 Å². The molecule has 96 valence electrons. The van der Waals surface area contributed by atoms with Gasteiger partial charge in [-0.15, -0.1) is 5.10 Å². The van der Waals surface area contributed by atoms with Crippen LogP contribution in [0.1, 0.15) is 26.7 Å². The molecule has 0 aliphatic heterocycles. The van der Waals surface area contributed by atoms with Crippen LogP contribution in [-0.4, -0.2) is 35.2 Å². The highest BCUT2D eigenvalue weighted by Gasteiger charge is 2.16. The Bertz CT molecular complexity index is 363. The average Bonchev–Trinajstić information content (AvgIpc) is 2.65. The predicted octanol–water partition coefficient (Wildman–Crippen LogP) is 0.114. The van der Waals surface area contributed by atoms with Crippen molar-refractivity contribution in [2.24, 2.45) is 0 Å². The van der Waals surface area contributed by atoms with Crippen LogP contribution in [0.3, 0.4) is 0 Å². The number of amides is 1. The molecular formula is C10H19N5O2. The van der Waals surface area contributed by atoms with E-state index in [-0.39, 0.29) is 18.0 Å². The second-order valence-electron chi connectivity index (χ2n) is 4.06. The minimum absolute atomic E-state index is 0.103. The number of rotatable bonds is 6. The third kappa shape index (κ3) is 4.39. The molecule has 0 bridgehead atoms. The molecule has 1 atom stereocenters. The summed E-state index contributed by atoms with van der Waals surface area (Å²) >= 11 is 0. The lowest BCUT2D eigenvalue weighted by molar-refractivity contribution is -0.122. The molecule has 0 saturated carbocycles. The van der Waals surface area contributed by atoms with Crippen LogP contribution in [0, 0.1) is 0 Å². The van der Waals surface area contributed by atoms with Gasteiger partial charge in [-0.2, -0.15) is 0 Å². The number of anilines is 1. The van der Waals surface area contributed by atoms with E-state index >= 15 is 0 Å². The van der Waals surface area contributed by atoms with Crippen molar-refractivity contribution in [1.29, 1.82) is 0 Å². The third-order valence-corrected chi connectivity index (χ3v) is 1.96. The predicted molar refractivity (Wildman–Crippen MR) is 63.4 cm³/mol. The van der Waals surface area contributed by atoms with Gasteiger partial charge in [0.05, 0.1) is 6.54 Å². The van der Waals surface area contributed by atoms with Crippen molar-refractivity contribution in [3.63, 3.8) is 0 Å². The Morgan fingerprint density at radius 2 is 2.06 bits per heavy atom. The van der Waals surface area contributed by atoms with Crippen molar-refractivity contribution < 1.29 is 9.21 Å². The molecular weight excluding hydrogens is 222 g/mol. The van der Waals surface area contributed by atoms with Crippen LogP contribution >= 0.6 is 0 Å². The molecule has 0 aliphatic rings. The number of carbonyl (C=O) groups excluding carboxylic acids is 1. The summed E-state index contributed by atoms with van der Waals surface area (Å²) in [6.07, 6.45) is 0. The Morgan fingerprint density at radius 1 is 1.35 bits per heavy atom. The van der Waals surface area contributed by atoms with Crippen LogP contribution in [0.25, 0.3) is 0 Å². The summed E-state index contributed by atoms with van der Waals surface area (Å²) in [6.45, 7) is 6.05. The Labute approximate surface area is 100 Å². The summed E-state index contributed by atoms with van der Waals surface area (Å²) in [7, 11) is 1.79. The Hall–Kier alpha value is -1.63. The molecule has 0 spiro atoms. The minimum Gasteiger partial charge on any atom is -0.407 e. The molecule has 1 aromatic heterocycles. The molecule has 7 heteroatoms. The zero-order valence-electron chi connectivity index (χ0n) is 10.6. The number of carbonyl (C=O) groups is 1. The number of nitrogens with one attached hydrogen (secondary N) is 3. The lowest BCUT2D eigenvalue weighted by atomic mass is 10.3. The largest absolute Gasteiger partial charge is 0.407 e. The first-order valence-corrected chi connectivity index (χ1v) is 5.56. The molecule has 1 aromatic rings. The van der Waals surface area contributed by atoms with Gasteiger partial charge in [0, 0.05) is 6.04 Å². The molecule has 0 aromatic carbocycles. The van der Waals surface area contributed by atoms with Crippen LogP contribution in [0.4, 0.5) is 6.01 Å². The van der Waals surface area contributed by atoms with Crippen molar-refractivity contribution >= 4 is 11.9 Å². The Balaban J connectivity index is 2.49. The maximum Gasteiger partial charge on any atom is 0.316 e. The van der Waals surface area contributed by atoms with E-state index in [1.165, 1.54) is 0 Å². The van der Waals surface area contributed by atoms with Crippen LogP contribution in [-0.2, 0) is 11.3 Å². The van der Waals surface area contributed by atoms with Gasteiger partial charge in [0.25, 0.3) is 0 Å². The molecule has 7 nitrogen and oxygen atoms in total. The summed E-state index contributed by atoms with van der Waals surface area (Å²) < 4.78 is 5.27. The van der Waals surface area contributed by atoms with Gasteiger partial charge >= 0.3 is 6.01 Å². The fourth-order valence-corrected chi connectivity index (χ4v) is 1.19. The highest BCUT2D eigenvalue weighted by atomic mass is 16.4. The van der Waals surface area contributed by atoms with Crippen LogP contribution < -0.4 is 16.0 Å². The van der Waals surface area contributed by atoms with Gasteiger partial charge in [-0.25, -0.2) is 0 Å². The molecule has 1 unspecified atom stereocenters. The van der Waals surface area contributed by atoms with E-state index < -0.39 is 6.04 Å². The summed E-state index contributed by atoms with van der Waals surface area (Å²) in [5.41, 5.74) is 0. The molecule has 0 saturated heterocycles. The topological polar surface area (TPSA) is 92.1 Å². The summed E-state index contributed by atoms with van der Waals surface area (Å²) in [5.74, 6) is 0.375. The molecule has 0 fully saturated rings. The number of hydrogen-bond donors (Lipinski definition) is 3. The third-order valence-electron chi connectivity index (χ3n) is 1.96. The number of nitrogens with zero attached hydrogens (tertiary/aromatic N) is 2. The smallest absolute Gasteiger partial charge is 0.316 e. The minimum atomic E-state index is -0.416. The lowest BCUT2D eigenvalue weighted by Gasteiger charge is -2.14. The molecule has 17 heavy (non-hydrogen) atoms. The monoisotopic (exact) mass is 241 g/mol. The highest BCUT2D eigenvalue weighted by Crippen LogP contribution is 2.06. The standard InChI is InChI=1S/C10H19N5O2/c1-6(2)12-9(16)7(3)13-10-15-14-8(17-10)5-11-4/h6-7,11H,5H2,1-4H3,(H,12,16)(H,13,15). The average molecular weight is 241 g/mol. The first-order chi connectivity index (χ1) is 8.02. The second-order valence-corrected chi connectivity index (χ2v) is 4.06. The van der Waals surface area contributed by atoms with Gasteiger partial charge in [0.1, 0.15) is 6.04 Å². The quantitative estimate of drug-likeness (QED) is 0.655. The second kappa shape index (κ2) is 6.19. The molecule has 0 aliphatic carbocycles. The first-order valence-electron chi connectivity index (χ1n) is 5.56. The van der Waals surface area contributed by atoms with Gasteiger partial charge in [0.2, 0.25) is 11.8 Å². The van der Waals surface area contributed by atoms with Crippen molar-refractivity contribution in [2.45, 2.75) is 39.4 Å². The fraction of sp³-hybridized carbons (Fsp3) is 0.700. The van der Waals surface area contributed by atoms with E-state index in [0.717, 1.165) is 0 Å². The number of aromatic nitrogens is 2. The molecule has 1 heterocycles. The molecule has 1 amide bonds. The van der Waals surface area contributed by atoms with Crippen molar-refractivity contribution in [3.8, 4) is 0 Å². The summed E-state index contributed by atoms with van der Waals surface area (Å²) in [4.78, 5) is 11.6. The Kier molecular flexibility index (Phi) is 4.89. The van der Waals surface area contributed by atoms with Crippen LogP contribution in [0.5, 0.6) is 0 Å². The fourth-order valence-electron chi connectivity index (χ4n) is 1.19. The van der Waals surface area contributed by atoms with E-state index in [1.807, 2.05) is 13.8 Å². The van der Waals surface area contributed by atoms with Gasteiger partial charge in [-0.05, 0) is 27.8 Å². The van der Waals surface area contributed by atoms with E-state index in [2.05, 4.69) is 26.1 Å². The van der Waals surface area contributed by atoms with Gasteiger partial charge in [0.15, 0.2) is 0 Å². The molecule has 3 N–H and O–H groups in total. The zero-order chi connectivity index (χ0) is 12.8. The van der Waals surface area contributed by atoms with E-state index in [4.69, 9.17) is 4.42 Å². The van der Waals surface area contributed by atoms with Gasteiger partial charge < -0.3 is 20.4 Å². The normalized spacial score (nSPS) is 12.5. The van der Waals surface area contributed by atoms with Gasteiger partial charge in [-0.3, -0.25) is 4.79 Å². The van der Waals surface area contributed by atoms with Crippen molar-refractivity contribution in [1.82, 2.24) is 20.8 Å². The summed E-state index contributed by atoms with van der Waals surface area (Å²) in [6, 6.07) is -0.0590. The molecule has 0 radical (unpaired) electrons. The van der Waals surface area contributed by atoms with Crippen molar-refractivity contribution in [2.75, 3.05) is 12.4 Å². The highest BCUT2D eigenvalue weighted by molar-refractivity contribution is 5.83. The van der Waals surface area contributed by atoms with Crippen LogP contribution in [0.15, 0.2) is 4.42 Å².